The summed E-state index contributed by atoms with van der Waals surface area (Å²) < 4.78 is 0. The average Bonchev–Trinajstić information content (AvgIpc) is 2.88. The molecule has 2 saturated heterocycles. The van der Waals surface area contributed by atoms with Crippen molar-refractivity contribution >= 4 is 17.8 Å². The summed E-state index contributed by atoms with van der Waals surface area (Å²) in [5.41, 5.74) is 3.42. The minimum atomic E-state index is 0.507. The third-order valence-electron chi connectivity index (χ3n) is 3.76. The van der Waals surface area contributed by atoms with Crippen LogP contribution in [-0.2, 0) is 0 Å². The van der Waals surface area contributed by atoms with E-state index in [0.29, 0.717) is 17.6 Å². The minimum absolute atomic E-state index is 0.507. The van der Waals surface area contributed by atoms with Gasteiger partial charge in [0.15, 0.2) is 0 Å². The van der Waals surface area contributed by atoms with Gasteiger partial charge in [-0.05, 0) is 11.1 Å². The Balaban J connectivity index is 1.83. The van der Waals surface area contributed by atoms with E-state index in [-0.39, 0.29) is 0 Å². The van der Waals surface area contributed by atoms with Gasteiger partial charge in [-0.3, -0.25) is 10.2 Å². The first-order chi connectivity index (χ1) is 7.93. The maximum absolute atomic E-state index is 3.70. The summed E-state index contributed by atoms with van der Waals surface area (Å²) in [6.07, 6.45) is 4.59. The predicted octanol–water partition coefficient (Wildman–Crippen LogP) is 2.06. The smallest absolute Gasteiger partial charge is 0.109 e. The quantitative estimate of drug-likeness (QED) is 0.734. The minimum Gasteiger partial charge on any atom is -0.285 e. The zero-order valence-corrected chi connectivity index (χ0v) is 9.78. The maximum Gasteiger partial charge on any atom is 0.109 e. The van der Waals surface area contributed by atoms with Crippen molar-refractivity contribution in [1.82, 2.24) is 10.2 Å². The normalized spacial score (nSPS) is 35.9. The van der Waals surface area contributed by atoms with E-state index in [1.165, 1.54) is 23.4 Å². The highest BCUT2D eigenvalue weighted by molar-refractivity contribution is 8.00. The second-order valence-electron chi connectivity index (χ2n) is 4.59. The fourth-order valence-corrected chi connectivity index (χ4v) is 4.27. The Labute approximate surface area is 99.7 Å². The van der Waals surface area contributed by atoms with E-state index in [1.807, 2.05) is 11.8 Å². The summed E-state index contributed by atoms with van der Waals surface area (Å²) in [4.78, 5) is 2.61. The molecule has 0 aromatic heterocycles. The van der Waals surface area contributed by atoms with E-state index in [4.69, 9.17) is 0 Å². The van der Waals surface area contributed by atoms with Crippen LogP contribution in [0.2, 0.25) is 0 Å². The number of hydrogen-bond donors (Lipinski definition) is 1. The van der Waals surface area contributed by atoms with Gasteiger partial charge in [-0.1, -0.05) is 36.4 Å². The number of nitrogens with zero attached hydrogens (tertiary/aromatic N) is 1. The summed E-state index contributed by atoms with van der Waals surface area (Å²) in [7, 11) is 0. The molecule has 3 atom stereocenters. The monoisotopic (exact) mass is 230 g/mol. The van der Waals surface area contributed by atoms with Crippen molar-refractivity contribution in [2.24, 2.45) is 0 Å². The molecule has 2 nitrogen and oxygen atoms in total. The average molecular weight is 230 g/mol. The first kappa shape index (κ1) is 9.28. The van der Waals surface area contributed by atoms with Crippen LogP contribution in [0, 0.1) is 0 Å². The van der Waals surface area contributed by atoms with Crippen LogP contribution in [0.3, 0.4) is 0 Å². The van der Waals surface area contributed by atoms with Gasteiger partial charge in [0.05, 0.1) is 6.04 Å². The number of nitrogens with one attached hydrogen (secondary N) is 1. The zero-order valence-electron chi connectivity index (χ0n) is 8.97. The van der Waals surface area contributed by atoms with Gasteiger partial charge < -0.3 is 0 Å². The van der Waals surface area contributed by atoms with Crippen LogP contribution >= 0.6 is 11.8 Å². The molecule has 2 aliphatic heterocycles. The molecule has 0 saturated carbocycles. The van der Waals surface area contributed by atoms with Crippen LogP contribution in [0.1, 0.15) is 17.2 Å². The lowest BCUT2D eigenvalue weighted by Gasteiger charge is -2.28. The third-order valence-corrected chi connectivity index (χ3v) is 4.90. The second kappa shape index (κ2) is 3.36. The molecule has 3 aliphatic rings. The number of rotatable bonds is 0. The molecule has 0 radical (unpaired) electrons. The van der Waals surface area contributed by atoms with Crippen molar-refractivity contribution in [2.45, 2.75) is 17.6 Å². The van der Waals surface area contributed by atoms with Crippen LogP contribution in [0.5, 0.6) is 0 Å². The lowest BCUT2D eigenvalue weighted by Crippen LogP contribution is -2.29. The summed E-state index contributed by atoms with van der Waals surface area (Å²) >= 11 is 2.03. The summed E-state index contributed by atoms with van der Waals surface area (Å²) in [5, 5.41) is 3.70. The first-order valence-corrected chi connectivity index (χ1v) is 6.89. The molecule has 2 fully saturated rings. The predicted molar refractivity (Wildman–Crippen MR) is 68.1 cm³/mol. The molecule has 3 unspecified atom stereocenters. The van der Waals surface area contributed by atoms with Crippen LogP contribution in [0.25, 0.3) is 6.08 Å². The molecular formula is C13H14N2S. The number of fused-ring (bicyclic) bond motifs is 5. The molecule has 2 heterocycles. The van der Waals surface area contributed by atoms with Crippen molar-refractivity contribution in [3.63, 3.8) is 0 Å². The van der Waals surface area contributed by atoms with E-state index < -0.39 is 0 Å². The lowest BCUT2D eigenvalue weighted by atomic mass is 9.90. The molecule has 1 aromatic carbocycles. The zero-order chi connectivity index (χ0) is 10.5. The number of thioether (sulfide) groups is 1. The summed E-state index contributed by atoms with van der Waals surface area (Å²) in [6.45, 7) is 1.21. The highest BCUT2D eigenvalue weighted by atomic mass is 32.2. The Morgan fingerprint density at radius 1 is 1.31 bits per heavy atom. The molecule has 1 N–H and O–H groups in total. The van der Waals surface area contributed by atoms with Crippen molar-refractivity contribution in [3.05, 3.63) is 41.5 Å². The van der Waals surface area contributed by atoms with E-state index in [1.54, 1.807) is 0 Å². The summed E-state index contributed by atoms with van der Waals surface area (Å²) in [5.74, 6) is 1.26. The van der Waals surface area contributed by atoms with Crippen LogP contribution in [-0.4, -0.2) is 28.7 Å². The van der Waals surface area contributed by atoms with Gasteiger partial charge in [-0.25, -0.2) is 0 Å². The SMILES string of the molecule is C1=CC2NC3SCCN3C2c2ccccc21. The van der Waals surface area contributed by atoms with Crippen molar-refractivity contribution in [3.8, 4) is 0 Å². The molecule has 3 heteroatoms. The molecule has 16 heavy (non-hydrogen) atoms. The van der Waals surface area contributed by atoms with Gasteiger partial charge in [-0.15, -0.1) is 11.8 Å². The van der Waals surface area contributed by atoms with Crippen LogP contribution in [0.4, 0.5) is 0 Å². The van der Waals surface area contributed by atoms with Gasteiger partial charge >= 0.3 is 0 Å². The van der Waals surface area contributed by atoms with Gasteiger partial charge in [0, 0.05) is 18.3 Å². The van der Waals surface area contributed by atoms with Crippen molar-refractivity contribution in [2.75, 3.05) is 12.3 Å². The highest BCUT2D eigenvalue weighted by Gasteiger charge is 2.44. The molecule has 0 amide bonds. The Hall–Kier alpha value is -0.770. The Morgan fingerprint density at radius 2 is 2.25 bits per heavy atom. The fourth-order valence-electron chi connectivity index (χ4n) is 3.05. The Morgan fingerprint density at radius 3 is 3.25 bits per heavy atom. The van der Waals surface area contributed by atoms with E-state index in [2.05, 4.69) is 46.6 Å². The van der Waals surface area contributed by atoms with E-state index in [9.17, 15) is 0 Å². The largest absolute Gasteiger partial charge is 0.285 e. The molecule has 0 spiro atoms. The first-order valence-electron chi connectivity index (χ1n) is 5.84. The highest BCUT2D eigenvalue weighted by Crippen LogP contribution is 2.43. The van der Waals surface area contributed by atoms with E-state index in [0.717, 1.165) is 0 Å². The molecular weight excluding hydrogens is 216 g/mol. The van der Waals surface area contributed by atoms with Crippen molar-refractivity contribution < 1.29 is 0 Å². The lowest BCUT2D eigenvalue weighted by molar-refractivity contribution is 0.264. The van der Waals surface area contributed by atoms with Gasteiger partial charge in [0.25, 0.3) is 0 Å². The third kappa shape index (κ3) is 1.16. The molecule has 82 valence electrons. The van der Waals surface area contributed by atoms with Crippen LogP contribution < -0.4 is 5.32 Å². The second-order valence-corrected chi connectivity index (χ2v) is 5.77. The van der Waals surface area contributed by atoms with Crippen molar-refractivity contribution in [1.29, 1.82) is 0 Å². The summed E-state index contributed by atoms with van der Waals surface area (Å²) in [6, 6.07) is 9.85. The topological polar surface area (TPSA) is 15.3 Å². The van der Waals surface area contributed by atoms with Gasteiger partial charge in [0.2, 0.25) is 0 Å². The van der Waals surface area contributed by atoms with Gasteiger partial charge in [-0.2, -0.15) is 0 Å². The maximum atomic E-state index is 3.70. The Kier molecular flexibility index (Phi) is 1.95. The molecule has 0 bridgehead atoms. The number of benzene rings is 1. The molecule has 1 aliphatic carbocycles. The van der Waals surface area contributed by atoms with Crippen LogP contribution in [0.15, 0.2) is 30.3 Å². The number of hydrogen-bond acceptors (Lipinski definition) is 3. The molecule has 1 aromatic rings. The Bertz CT molecular complexity index is 457. The standard InChI is InChI=1S/C13H14N2S/c1-2-4-10-9(3-1)5-6-11-12(10)15-7-8-16-13(15)14-11/h1-6,11-14H,7-8H2. The fraction of sp³-hybridized carbons (Fsp3) is 0.385. The molecule has 4 rings (SSSR count). The van der Waals surface area contributed by atoms with E-state index >= 15 is 0 Å². The van der Waals surface area contributed by atoms with Gasteiger partial charge in [0.1, 0.15) is 5.50 Å².